The monoisotopic (exact) mass is 433 g/mol. The SMILES string of the molecule is COC(=O)C(O)(CC1C(=O)/C(=C(/O)[C@H]2[C@@H]3CCCC[C@H]3C=C[C@H]2C)C(=O)N1C)C(C)C. The molecule has 1 aliphatic heterocycles. The van der Waals surface area contributed by atoms with Gasteiger partial charge in [-0.15, -0.1) is 0 Å². The molecule has 2 N–H and O–H groups in total. The summed E-state index contributed by atoms with van der Waals surface area (Å²) in [6.07, 6.45) is 8.25. The number of likely N-dealkylation sites (N-methyl/N-ethyl adjacent to an activating group) is 1. The third kappa shape index (κ3) is 3.93. The molecule has 0 spiro atoms. The number of ether oxygens (including phenoxy) is 1. The highest BCUT2D eigenvalue weighted by molar-refractivity contribution is 6.26. The number of methoxy groups -OCH3 is 1. The largest absolute Gasteiger partial charge is 0.511 e. The van der Waals surface area contributed by atoms with Gasteiger partial charge in [0.05, 0.1) is 13.2 Å². The number of fused-ring (bicyclic) bond motifs is 1. The molecular weight excluding hydrogens is 398 g/mol. The number of allylic oxidation sites excluding steroid dienone is 3. The summed E-state index contributed by atoms with van der Waals surface area (Å²) >= 11 is 0. The Bertz CT molecular complexity index is 815. The Morgan fingerprint density at radius 2 is 1.90 bits per heavy atom. The first-order chi connectivity index (χ1) is 14.5. The zero-order valence-corrected chi connectivity index (χ0v) is 19.1. The molecule has 3 rings (SSSR count). The molecule has 31 heavy (non-hydrogen) atoms. The van der Waals surface area contributed by atoms with Crippen LogP contribution in [-0.2, 0) is 19.1 Å². The summed E-state index contributed by atoms with van der Waals surface area (Å²) in [5, 5.41) is 22.2. The molecule has 1 amide bonds. The molecule has 0 aromatic carbocycles. The Morgan fingerprint density at radius 3 is 2.52 bits per heavy atom. The van der Waals surface area contributed by atoms with Crippen LogP contribution in [0.1, 0.15) is 52.9 Å². The zero-order valence-electron chi connectivity index (χ0n) is 19.1. The number of Topliss-reactive ketones (excluding diaryl/α,β-unsaturated/α-hetero) is 1. The van der Waals surface area contributed by atoms with Crippen LogP contribution in [0.25, 0.3) is 0 Å². The minimum atomic E-state index is -1.91. The molecule has 2 unspecified atom stereocenters. The third-order valence-electron chi connectivity index (χ3n) is 7.69. The van der Waals surface area contributed by atoms with E-state index in [1.807, 2.05) is 6.92 Å². The number of carbonyl (C=O) groups is 3. The van der Waals surface area contributed by atoms with Gasteiger partial charge in [-0.2, -0.15) is 0 Å². The van der Waals surface area contributed by atoms with Crippen molar-refractivity contribution in [1.29, 1.82) is 0 Å². The highest BCUT2D eigenvalue weighted by Crippen LogP contribution is 2.46. The van der Waals surface area contributed by atoms with Gasteiger partial charge in [0.15, 0.2) is 11.4 Å². The van der Waals surface area contributed by atoms with Gasteiger partial charge in [0, 0.05) is 19.4 Å². The Hall–Kier alpha value is -2.15. The smallest absolute Gasteiger partial charge is 0.338 e. The summed E-state index contributed by atoms with van der Waals surface area (Å²) in [7, 11) is 2.65. The summed E-state index contributed by atoms with van der Waals surface area (Å²) in [5.74, 6) is -2.31. The number of aliphatic hydroxyl groups excluding tert-OH is 1. The number of rotatable bonds is 5. The van der Waals surface area contributed by atoms with E-state index in [1.165, 1.54) is 19.1 Å². The van der Waals surface area contributed by atoms with Crippen LogP contribution < -0.4 is 0 Å². The van der Waals surface area contributed by atoms with Crippen LogP contribution in [0.3, 0.4) is 0 Å². The molecule has 7 heteroatoms. The second-order valence-electron chi connectivity index (χ2n) is 9.71. The molecule has 1 saturated heterocycles. The summed E-state index contributed by atoms with van der Waals surface area (Å²) in [6, 6.07) is -1.03. The van der Waals surface area contributed by atoms with E-state index in [9.17, 15) is 24.6 Å². The van der Waals surface area contributed by atoms with Crippen LogP contribution in [0.4, 0.5) is 0 Å². The predicted octanol–water partition coefficient (Wildman–Crippen LogP) is 2.79. The minimum Gasteiger partial charge on any atom is -0.511 e. The molecule has 0 aromatic heterocycles. The van der Waals surface area contributed by atoms with Crippen molar-refractivity contribution in [2.24, 2.45) is 29.6 Å². The van der Waals surface area contributed by atoms with Gasteiger partial charge in [0.25, 0.3) is 5.91 Å². The second kappa shape index (κ2) is 8.77. The molecule has 1 saturated carbocycles. The lowest BCUT2D eigenvalue weighted by atomic mass is 9.64. The molecule has 2 fully saturated rings. The molecule has 0 aromatic rings. The van der Waals surface area contributed by atoms with Crippen LogP contribution in [0.15, 0.2) is 23.5 Å². The van der Waals surface area contributed by atoms with Gasteiger partial charge in [-0.25, -0.2) is 4.79 Å². The Kier molecular flexibility index (Phi) is 6.65. The molecule has 0 radical (unpaired) electrons. The third-order valence-corrected chi connectivity index (χ3v) is 7.69. The van der Waals surface area contributed by atoms with Crippen molar-refractivity contribution < 1.29 is 29.3 Å². The maximum Gasteiger partial charge on any atom is 0.338 e. The standard InChI is InChI=1S/C24H35NO6/c1-13(2)24(30,23(29)31-5)12-17-20(26)19(22(28)25(17)4)21(27)18-14(3)10-11-15-8-6-7-9-16(15)18/h10-11,13-18,27,30H,6-9,12H2,1-5H3/b21-19-/t14-,15+,16-,17?,18-,24?/m1/s1. The summed E-state index contributed by atoms with van der Waals surface area (Å²) in [4.78, 5) is 39.9. The van der Waals surface area contributed by atoms with Crippen molar-refractivity contribution in [3.63, 3.8) is 0 Å². The lowest BCUT2D eigenvalue weighted by Crippen LogP contribution is -2.50. The van der Waals surface area contributed by atoms with E-state index in [0.29, 0.717) is 5.92 Å². The average Bonchev–Trinajstić information content (AvgIpc) is 2.95. The van der Waals surface area contributed by atoms with Crippen molar-refractivity contribution in [1.82, 2.24) is 4.90 Å². The van der Waals surface area contributed by atoms with Crippen molar-refractivity contribution in [2.45, 2.75) is 64.5 Å². The average molecular weight is 434 g/mol. The number of ketones is 1. The highest BCUT2D eigenvalue weighted by Gasteiger charge is 2.52. The first kappa shape index (κ1) is 23.5. The number of hydrogen-bond acceptors (Lipinski definition) is 6. The number of aliphatic hydroxyl groups is 2. The molecular formula is C24H35NO6. The van der Waals surface area contributed by atoms with Crippen molar-refractivity contribution in [3.05, 3.63) is 23.5 Å². The first-order valence-corrected chi connectivity index (χ1v) is 11.3. The Balaban J connectivity index is 1.96. The van der Waals surface area contributed by atoms with E-state index in [-0.39, 0.29) is 35.5 Å². The molecule has 0 bridgehead atoms. The van der Waals surface area contributed by atoms with Gasteiger partial charge >= 0.3 is 5.97 Å². The fourth-order valence-electron chi connectivity index (χ4n) is 5.58. The summed E-state index contributed by atoms with van der Waals surface area (Å²) in [5.41, 5.74) is -2.11. The Labute approximate surface area is 184 Å². The van der Waals surface area contributed by atoms with Gasteiger partial charge in [-0.3, -0.25) is 9.59 Å². The molecule has 6 atom stereocenters. The minimum absolute atomic E-state index is 0.0134. The lowest BCUT2D eigenvalue weighted by molar-refractivity contribution is -0.170. The van der Waals surface area contributed by atoms with E-state index < -0.39 is 35.2 Å². The van der Waals surface area contributed by atoms with Crippen molar-refractivity contribution in [2.75, 3.05) is 14.2 Å². The van der Waals surface area contributed by atoms with Gasteiger partial charge in [-0.05, 0) is 36.5 Å². The van der Waals surface area contributed by atoms with Gasteiger partial charge < -0.3 is 19.8 Å². The normalized spacial score (nSPS) is 34.5. The van der Waals surface area contributed by atoms with E-state index in [0.717, 1.165) is 25.7 Å². The predicted molar refractivity (Wildman–Crippen MR) is 115 cm³/mol. The van der Waals surface area contributed by atoms with Crippen LogP contribution in [0.2, 0.25) is 0 Å². The number of carbonyl (C=O) groups excluding carboxylic acids is 3. The summed E-state index contributed by atoms with van der Waals surface area (Å²) < 4.78 is 4.75. The maximum atomic E-state index is 13.3. The first-order valence-electron chi connectivity index (χ1n) is 11.3. The quantitative estimate of drug-likeness (QED) is 0.227. The number of likely N-dealkylation sites (tertiary alicyclic amines) is 1. The maximum absolute atomic E-state index is 13.3. The molecule has 2 aliphatic carbocycles. The number of hydrogen-bond donors (Lipinski definition) is 2. The van der Waals surface area contributed by atoms with Gasteiger partial charge in [0.1, 0.15) is 11.3 Å². The summed E-state index contributed by atoms with van der Waals surface area (Å²) in [6.45, 7) is 5.32. The van der Waals surface area contributed by atoms with Gasteiger partial charge in [0.2, 0.25) is 0 Å². The number of amides is 1. The van der Waals surface area contributed by atoms with E-state index >= 15 is 0 Å². The van der Waals surface area contributed by atoms with E-state index in [4.69, 9.17) is 4.74 Å². The number of nitrogens with zero attached hydrogens (tertiary/aromatic N) is 1. The molecule has 3 aliphatic rings. The topological polar surface area (TPSA) is 104 Å². The molecule has 172 valence electrons. The fraction of sp³-hybridized carbons (Fsp3) is 0.708. The van der Waals surface area contributed by atoms with Crippen LogP contribution in [0, 0.1) is 29.6 Å². The van der Waals surface area contributed by atoms with Crippen LogP contribution in [-0.4, -0.2) is 58.6 Å². The molecule has 7 nitrogen and oxygen atoms in total. The van der Waals surface area contributed by atoms with Crippen LogP contribution in [0.5, 0.6) is 0 Å². The van der Waals surface area contributed by atoms with Crippen molar-refractivity contribution >= 4 is 17.7 Å². The van der Waals surface area contributed by atoms with Crippen molar-refractivity contribution in [3.8, 4) is 0 Å². The highest BCUT2D eigenvalue weighted by atomic mass is 16.5. The lowest BCUT2D eigenvalue weighted by Gasteiger charge is -2.41. The second-order valence-corrected chi connectivity index (χ2v) is 9.71. The van der Waals surface area contributed by atoms with Crippen LogP contribution >= 0.6 is 0 Å². The van der Waals surface area contributed by atoms with E-state index in [2.05, 4.69) is 12.2 Å². The molecule has 1 heterocycles. The zero-order chi connectivity index (χ0) is 23.1. The fourth-order valence-corrected chi connectivity index (χ4v) is 5.58. The Morgan fingerprint density at radius 1 is 1.26 bits per heavy atom. The van der Waals surface area contributed by atoms with E-state index in [1.54, 1.807) is 13.8 Å². The van der Waals surface area contributed by atoms with Gasteiger partial charge in [-0.1, -0.05) is 45.8 Å². The number of esters is 1.